The van der Waals surface area contributed by atoms with Gasteiger partial charge >= 0.3 is 0 Å². The highest BCUT2D eigenvalue weighted by Gasteiger charge is 2.12. The standard InChI is InChI=1S/C12H17ClO2S2/c1-3-8-17(14,15)12-6-4-11(5-7-12)16-10(2)9-13/h4-7,10H,3,8-9H2,1-2H3. The van der Waals surface area contributed by atoms with Crippen molar-refractivity contribution >= 4 is 33.2 Å². The Labute approximate surface area is 113 Å². The molecule has 5 heteroatoms. The molecule has 96 valence electrons. The first kappa shape index (κ1) is 14.9. The summed E-state index contributed by atoms with van der Waals surface area (Å²) >= 11 is 7.38. The highest BCUT2D eigenvalue weighted by molar-refractivity contribution is 8.00. The molecule has 0 amide bonds. The second-order valence-corrected chi connectivity index (χ2v) is 7.80. The highest BCUT2D eigenvalue weighted by atomic mass is 35.5. The molecule has 0 aromatic heterocycles. The maximum absolute atomic E-state index is 11.8. The number of alkyl halides is 1. The predicted molar refractivity (Wildman–Crippen MR) is 74.8 cm³/mol. The molecular formula is C12H17ClO2S2. The zero-order valence-corrected chi connectivity index (χ0v) is 12.4. The van der Waals surface area contributed by atoms with Gasteiger partial charge in [0.2, 0.25) is 0 Å². The minimum Gasteiger partial charge on any atom is -0.224 e. The summed E-state index contributed by atoms with van der Waals surface area (Å²) in [5.74, 6) is 0.790. The van der Waals surface area contributed by atoms with E-state index in [4.69, 9.17) is 11.6 Å². The van der Waals surface area contributed by atoms with Gasteiger partial charge in [0, 0.05) is 16.0 Å². The van der Waals surface area contributed by atoms with Crippen LogP contribution in [0.5, 0.6) is 0 Å². The molecule has 0 aliphatic rings. The van der Waals surface area contributed by atoms with Crippen molar-refractivity contribution < 1.29 is 8.42 Å². The second kappa shape index (κ2) is 6.66. The van der Waals surface area contributed by atoms with Crippen LogP contribution in [0, 0.1) is 0 Å². The van der Waals surface area contributed by atoms with Crippen LogP contribution in [0.4, 0.5) is 0 Å². The van der Waals surface area contributed by atoms with Crippen LogP contribution in [0.3, 0.4) is 0 Å². The van der Waals surface area contributed by atoms with Crippen molar-refractivity contribution in [3.8, 4) is 0 Å². The Morgan fingerprint density at radius 1 is 1.29 bits per heavy atom. The fourth-order valence-corrected chi connectivity index (χ4v) is 3.71. The van der Waals surface area contributed by atoms with Crippen molar-refractivity contribution in [2.24, 2.45) is 0 Å². The maximum Gasteiger partial charge on any atom is 0.178 e. The van der Waals surface area contributed by atoms with Gasteiger partial charge in [-0.1, -0.05) is 13.8 Å². The van der Waals surface area contributed by atoms with E-state index in [9.17, 15) is 8.42 Å². The van der Waals surface area contributed by atoms with Gasteiger partial charge in [0.15, 0.2) is 9.84 Å². The van der Waals surface area contributed by atoms with Crippen molar-refractivity contribution in [3.63, 3.8) is 0 Å². The summed E-state index contributed by atoms with van der Waals surface area (Å²) in [6.07, 6.45) is 0.641. The van der Waals surface area contributed by atoms with E-state index in [0.717, 1.165) is 4.90 Å². The van der Waals surface area contributed by atoms with Gasteiger partial charge in [-0.25, -0.2) is 8.42 Å². The molecule has 0 heterocycles. The number of thioether (sulfide) groups is 1. The summed E-state index contributed by atoms with van der Waals surface area (Å²) in [6, 6.07) is 7.04. The van der Waals surface area contributed by atoms with Crippen LogP contribution in [-0.4, -0.2) is 25.3 Å². The van der Waals surface area contributed by atoms with Gasteiger partial charge in [-0.3, -0.25) is 0 Å². The Morgan fingerprint density at radius 3 is 2.35 bits per heavy atom. The van der Waals surface area contributed by atoms with Gasteiger partial charge in [-0.2, -0.15) is 0 Å². The first-order valence-electron chi connectivity index (χ1n) is 5.55. The van der Waals surface area contributed by atoms with Crippen molar-refractivity contribution in [2.45, 2.75) is 35.3 Å². The molecule has 0 spiro atoms. The van der Waals surface area contributed by atoms with Crippen molar-refractivity contribution in [1.82, 2.24) is 0 Å². The third kappa shape index (κ3) is 4.53. The van der Waals surface area contributed by atoms with E-state index in [-0.39, 0.29) is 5.75 Å². The minimum atomic E-state index is -3.10. The Balaban J connectivity index is 2.81. The quantitative estimate of drug-likeness (QED) is 0.593. The molecule has 0 N–H and O–H groups in total. The molecule has 0 bridgehead atoms. The number of hydrogen-bond acceptors (Lipinski definition) is 3. The van der Waals surface area contributed by atoms with Gasteiger partial charge in [0.05, 0.1) is 10.6 Å². The molecule has 0 radical (unpaired) electrons. The molecule has 1 aromatic carbocycles. The van der Waals surface area contributed by atoms with Gasteiger partial charge < -0.3 is 0 Å². The summed E-state index contributed by atoms with van der Waals surface area (Å²) in [5.41, 5.74) is 0. The van der Waals surface area contributed by atoms with Crippen LogP contribution in [0.15, 0.2) is 34.1 Å². The topological polar surface area (TPSA) is 34.1 Å². The first-order valence-corrected chi connectivity index (χ1v) is 8.61. The van der Waals surface area contributed by atoms with Crippen molar-refractivity contribution in [1.29, 1.82) is 0 Å². The Kier molecular flexibility index (Phi) is 5.83. The summed E-state index contributed by atoms with van der Waals surface area (Å²) < 4.78 is 23.6. The summed E-state index contributed by atoms with van der Waals surface area (Å²) in [6.45, 7) is 3.91. The highest BCUT2D eigenvalue weighted by Crippen LogP contribution is 2.25. The minimum absolute atomic E-state index is 0.206. The molecule has 0 saturated heterocycles. The SMILES string of the molecule is CCCS(=O)(=O)c1ccc(SC(C)CCl)cc1. The van der Waals surface area contributed by atoms with E-state index < -0.39 is 9.84 Å². The molecule has 0 saturated carbocycles. The zero-order chi connectivity index (χ0) is 12.9. The summed E-state index contributed by atoms with van der Waals surface area (Å²) in [4.78, 5) is 1.45. The lowest BCUT2D eigenvalue weighted by molar-refractivity contribution is 0.594. The average molecular weight is 293 g/mol. The molecular weight excluding hydrogens is 276 g/mol. The van der Waals surface area contributed by atoms with E-state index in [1.165, 1.54) is 0 Å². The van der Waals surface area contributed by atoms with E-state index >= 15 is 0 Å². The van der Waals surface area contributed by atoms with Gasteiger partial charge in [-0.05, 0) is 30.7 Å². The normalized spacial score (nSPS) is 13.6. The number of sulfone groups is 1. The first-order chi connectivity index (χ1) is 7.99. The molecule has 1 rings (SSSR count). The molecule has 1 atom stereocenters. The van der Waals surface area contributed by atoms with Gasteiger partial charge in [-0.15, -0.1) is 23.4 Å². The summed E-state index contributed by atoms with van der Waals surface area (Å²) in [7, 11) is -3.10. The monoisotopic (exact) mass is 292 g/mol. The maximum atomic E-state index is 11.8. The lowest BCUT2D eigenvalue weighted by atomic mass is 10.4. The van der Waals surface area contributed by atoms with Gasteiger partial charge in [0.1, 0.15) is 0 Å². The van der Waals surface area contributed by atoms with Gasteiger partial charge in [0.25, 0.3) is 0 Å². The smallest absolute Gasteiger partial charge is 0.178 e. The van der Waals surface area contributed by atoms with Crippen LogP contribution >= 0.6 is 23.4 Å². The Bertz CT molecular complexity index is 440. The van der Waals surface area contributed by atoms with Crippen molar-refractivity contribution in [2.75, 3.05) is 11.6 Å². The summed E-state index contributed by atoms with van der Waals surface area (Å²) in [5, 5.41) is 0.328. The fourth-order valence-electron chi connectivity index (χ4n) is 1.38. The molecule has 0 fully saturated rings. The van der Waals surface area contributed by atoms with Crippen molar-refractivity contribution in [3.05, 3.63) is 24.3 Å². The van der Waals surface area contributed by atoms with Crippen LogP contribution in [0.2, 0.25) is 0 Å². The lowest BCUT2D eigenvalue weighted by Crippen LogP contribution is -2.05. The Morgan fingerprint density at radius 2 is 1.88 bits per heavy atom. The van der Waals surface area contributed by atoms with E-state index in [1.807, 2.05) is 26.0 Å². The fraction of sp³-hybridized carbons (Fsp3) is 0.500. The number of halogens is 1. The van der Waals surface area contributed by atoms with Crippen LogP contribution < -0.4 is 0 Å². The van der Waals surface area contributed by atoms with Crippen LogP contribution in [0.1, 0.15) is 20.3 Å². The van der Waals surface area contributed by atoms with Crippen LogP contribution in [-0.2, 0) is 9.84 Å². The molecule has 1 unspecified atom stereocenters. The molecule has 17 heavy (non-hydrogen) atoms. The third-order valence-corrected chi connectivity index (χ3v) is 5.91. The predicted octanol–water partition coefficient (Wildman–Crippen LogP) is 3.59. The average Bonchev–Trinajstić information content (AvgIpc) is 2.29. The van der Waals surface area contributed by atoms with E-state index in [2.05, 4.69) is 0 Å². The second-order valence-electron chi connectivity index (χ2n) is 3.87. The molecule has 0 aliphatic carbocycles. The number of benzene rings is 1. The van der Waals surface area contributed by atoms with E-state index in [0.29, 0.717) is 22.4 Å². The number of rotatable bonds is 6. The zero-order valence-electron chi connectivity index (χ0n) is 10.0. The van der Waals surface area contributed by atoms with Crippen LogP contribution in [0.25, 0.3) is 0 Å². The number of hydrogen-bond donors (Lipinski definition) is 0. The largest absolute Gasteiger partial charge is 0.224 e. The molecule has 1 aromatic rings. The molecule has 2 nitrogen and oxygen atoms in total. The lowest BCUT2D eigenvalue weighted by Gasteiger charge is -2.08. The third-order valence-electron chi connectivity index (χ3n) is 2.21. The van der Waals surface area contributed by atoms with E-state index in [1.54, 1.807) is 23.9 Å². The Hall–Kier alpha value is -0.190. The molecule has 0 aliphatic heterocycles.